The van der Waals surface area contributed by atoms with Crippen molar-refractivity contribution < 1.29 is 4.39 Å². The third-order valence-electron chi connectivity index (χ3n) is 2.95. The normalized spacial score (nSPS) is 10.4. The van der Waals surface area contributed by atoms with Gasteiger partial charge in [-0.2, -0.15) is 0 Å². The Hall–Kier alpha value is -1.83. The number of hydrogen-bond donors (Lipinski definition) is 1. The van der Waals surface area contributed by atoms with Crippen molar-refractivity contribution in [2.24, 2.45) is 0 Å². The van der Waals surface area contributed by atoms with Crippen molar-refractivity contribution in [3.05, 3.63) is 64.5 Å². The molecule has 0 amide bonds. The lowest BCUT2D eigenvalue weighted by Gasteiger charge is -2.09. The molecule has 2 rings (SSSR count). The first-order valence-electron chi connectivity index (χ1n) is 6.12. The number of aryl methyl sites for hydroxylation is 3. The lowest BCUT2D eigenvalue weighted by atomic mass is 10.1. The summed E-state index contributed by atoms with van der Waals surface area (Å²) in [7, 11) is 0. The molecule has 94 valence electrons. The minimum Gasteiger partial charge on any atom is -0.381 e. The second-order valence-corrected chi connectivity index (χ2v) is 4.81. The van der Waals surface area contributed by atoms with Gasteiger partial charge in [0.05, 0.1) is 0 Å². The van der Waals surface area contributed by atoms with Gasteiger partial charge in [0.25, 0.3) is 0 Å². The molecule has 0 aliphatic carbocycles. The highest BCUT2D eigenvalue weighted by molar-refractivity contribution is 5.48. The maximum absolute atomic E-state index is 13.4. The van der Waals surface area contributed by atoms with Crippen molar-refractivity contribution in [3.63, 3.8) is 0 Å². The first kappa shape index (κ1) is 12.6. The van der Waals surface area contributed by atoms with E-state index >= 15 is 0 Å². The zero-order valence-corrected chi connectivity index (χ0v) is 11.0. The summed E-state index contributed by atoms with van der Waals surface area (Å²) < 4.78 is 13.4. The van der Waals surface area contributed by atoms with Crippen LogP contribution in [0.3, 0.4) is 0 Å². The number of benzene rings is 2. The SMILES string of the molecule is Cc1cc(C)cc(NCc2ccc(C)c(F)c2)c1. The molecule has 0 fully saturated rings. The van der Waals surface area contributed by atoms with Crippen LogP contribution in [0.25, 0.3) is 0 Å². The molecule has 0 aliphatic heterocycles. The number of nitrogens with one attached hydrogen (secondary N) is 1. The highest BCUT2D eigenvalue weighted by atomic mass is 19.1. The summed E-state index contributed by atoms with van der Waals surface area (Å²) in [6, 6.07) is 11.7. The Bertz CT molecular complexity index is 541. The van der Waals surface area contributed by atoms with Crippen molar-refractivity contribution in [3.8, 4) is 0 Å². The van der Waals surface area contributed by atoms with E-state index in [0.29, 0.717) is 12.1 Å². The van der Waals surface area contributed by atoms with Gasteiger partial charge in [0.2, 0.25) is 0 Å². The van der Waals surface area contributed by atoms with Gasteiger partial charge in [-0.1, -0.05) is 18.2 Å². The fourth-order valence-corrected chi connectivity index (χ4v) is 2.03. The van der Waals surface area contributed by atoms with Crippen LogP contribution in [-0.2, 0) is 6.54 Å². The second-order valence-electron chi connectivity index (χ2n) is 4.81. The Kier molecular flexibility index (Phi) is 3.66. The van der Waals surface area contributed by atoms with Gasteiger partial charge < -0.3 is 5.32 Å². The van der Waals surface area contributed by atoms with Crippen molar-refractivity contribution >= 4 is 5.69 Å². The molecular weight excluding hydrogens is 225 g/mol. The van der Waals surface area contributed by atoms with Gasteiger partial charge in [0, 0.05) is 12.2 Å². The topological polar surface area (TPSA) is 12.0 Å². The van der Waals surface area contributed by atoms with E-state index in [1.807, 2.05) is 12.1 Å². The van der Waals surface area contributed by atoms with Gasteiger partial charge in [-0.3, -0.25) is 0 Å². The van der Waals surface area contributed by atoms with Gasteiger partial charge in [-0.05, 0) is 61.2 Å². The molecule has 0 aliphatic rings. The molecule has 0 bridgehead atoms. The maximum atomic E-state index is 13.4. The molecule has 0 atom stereocenters. The van der Waals surface area contributed by atoms with Crippen LogP contribution in [-0.4, -0.2) is 0 Å². The first-order valence-corrected chi connectivity index (χ1v) is 6.12. The van der Waals surface area contributed by atoms with Crippen molar-refractivity contribution in [1.29, 1.82) is 0 Å². The molecule has 0 radical (unpaired) electrons. The standard InChI is InChI=1S/C16H18FN/c1-11-6-12(2)8-15(7-11)18-10-14-5-4-13(3)16(17)9-14/h4-9,18H,10H2,1-3H3. The number of anilines is 1. The van der Waals surface area contributed by atoms with Crippen molar-refractivity contribution in [1.82, 2.24) is 0 Å². The van der Waals surface area contributed by atoms with E-state index in [-0.39, 0.29) is 5.82 Å². The zero-order valence-electron chi connectivity index (χ0n) is 11.0. The Balaban J connectivity index is 2.08. The molecule has 0 heterocycles. The van der Waals surface area contributed by atoms with E-state index < -0.39 is 0 Å². The van der Waals surface area contributed by atoms with Crippen LogP contribution in [0.5, 0.6) is 0 Å². The summed E-state index contributed by atoms with van der Waals surface area (Å²) in [5.74, 6) is -0.144. The van der Waals surface area contributed by atoms with Crippen LogP contribution < -0.4 is 5.32 Å². The Morgan fingerprint density at radius 3 is 2.22 bits per heavy atom. The third-order valence-corrected chi connectivity index (χ3v) is 2.95. The number of hydrogen-bond acceptors (Lipinski definition) is 1. The van der Waals surface area contributed by atoms with Gasteiger partial charge in [0.1, 0.15) is 5.82 Å². The van der Waals surface area contributed by atoms with E-state index in [1.54, 1.807) is 13.0 Å². The molecule has 0 spiro atoms. The lowest BCUT2D eigenvalue weighted by molar-refractivity contribution is 0.616. The summed E-state index contributed by atoms with van der Waals surface area (Å²) in [4.78, 5) is 0. The summed E-state index contributed by atoms with van der Waals surface area (Å²) in [6.07, 6.45) is 0. The van der Waals surface area contributed by atoms with Crippen LogP contribution in [0, 0.1) is 26.6 Å². The van der Waals surface area contributed by atoms with Gasteiger partial charge in [0.15, 0.2) is 0 Å². The molecule has 2 heteroatoms. The van der Waals surface area contributed by atoms with Crippen molar-refractivity contribution in [2.75, 3.05) is 5.32 Å². The molecule has 1 N–H and O–H groups in total. The molecule has 0 saturated carbocycles. The molecule has 1 nitrogen and oxygen atoms in total. The van der Waals surface area contributed by atoms with Gasteiger partial charge >= 0.3 is 0 Å². The quantitative estimate of drug-likeness (QED) is 0.844. The highest BCUT2D eigenvalue weighted by Crippen LogP contribution is 2.16. The van der Waals surface area contributed by atoms with E-state index in [9.17, 15) is 4.39 Å². The zero-order chi connectivity index (χ0) is 13.1. The van der Waals surface area contributed by atoms with Crippen molar-refractivity contribution in [2.45, 2.75) is 27.3 Å². The van der Waals surface area contributed by atoms with Gasteiger partial charge in [-0.15, -0.1) is 0 Å². The summed E-state index contributed by atoms with van der Waals surface area (Å²) >= 11 is 0. The van der Waals surface area contributed by atoms with E-state index in [0.717, 1.165) is 11.3 Å². The minimum atomic E-state index is -0.144. The summed E-state index contributed by atoms with van der Waals surface area (Å²) in [5, 5.41) is 3.32. The molecule has 0 aromatic heterocycles. The average molecular weight is 243 g/mol. The molecule has 0 saturated heterocycles. The smallest absolute Gasteiger partial charge is 0.126 e. The van der Waals surface area contributed by atoms with Crippen LogP contribution in [0.15, 0.2) is 36.4 Å². The largest absolute Gasteiger partial charge is 0.381 e. The van der Waals surface area contributed by atoms with Crippen LogP contribution in [0.1, 0.15) is 22.3 Å². The van der Waals surface area contributed by atoms with E-state index in [4.69, 9.17) is 0 Å². The maximum Gasteiger partial charge on any atom is 0.126 e. The minimum absolute atomic E-state index is 0.144. The number of rotatable bonds is 3. The third kappa shape index (κ3) is 3.10. The fraction of sp³-hybridized carbons (Fsp3) is 0.250. The van der Waals surface area contributed by atoms with Crippen LogP contribution >= 0.6 is 0 Å². The highest BCUT2D eigenvalue weighted by Gasteiger charge is 2.00. The second kappa shape index (κ2) is 5.21. The fourth-order valence-electron chi connectivity index (χ4n) is 2.03. The lowest BCUT2D eigenvalue weighted by Crippen LogP contribution is -2.01. The van der Waals surface area contributed by atoms with Crippen LogP contribution in [0.4, 0.5) is 10.1 Å². The molecular formula is C16H18FN. The monoisotopic (exact) mass is 243 g/mol. The predicted molar refractivity (Wildman–Crippen MR) is 74.4 cm³/mol. The summed E-state index contributed by atoms with van der Waals surface area (Å²) in [5.41, 5.74) is 5.18. The number of halogens is 1. The first-order chi connectivity index (χ1) is 8.54. The van der Waals surface area contributed by atoms with E-state index in [2.05, 4.69) is 37.4 Å². The Morgan fingerprint density at radius 1 is 0.944 bits per heavy atom. The van der Waals surface area contributed by atoms with Gasteiger partial charge in [-0.25, -0.2) is 4.39 Å². The molecule has 2 aromatic rings. The molecule has 0 unspecified atom stereocenters. The average Bonchev–Trinajstić information content (AvgIpc) is 2.29. The van der Waals surface area contributed by atoms with Crippen LogP contribution in [0.2, 0.25) is 0 Å². The Morgan fingerprint density at radius 2 is 1.61 bits per heavy atom. The van der Waals surface area contributed by atoms with E-state index in [1.165, 1.54) is 11.1 Å². The summed E-state index contributed by atoms with van der Waals surface area (Å²) in [6.45, 7) is 6.56. The molecule has 2 aromatic carbocycles. The predicted octanol–water partition coefficient (Wildman–Crippen LogP) is 4.36. The molecule has 18 heavy (non-hydrogen) atoms. The Labute approximate surface area is 108 Å².